The van der Waals surface area contributed by atoms with Crippen molar-refractivity contribution in [1.29, 1.82) is 0 Å². The first-order valence-electron chi connectivity index (χ1n) is 4.59. The Morgan fingerprint density at radius 3 is 2.93 bits per heavy atom. The van der Waals surface area contributed by atoms with Gasteiger partial charge in [0.1, 0.15) is 5.78 Å². The summed E-state index contributed by atoms with van der Waals surface area (Å²) in [6.07, 6.45) is 1.31. The molecule has 0 saturated heterocycles. The predicted molar refractivity (Wildman–Crippen MR) is 63.6 cm³/mol. The van der Waals surface area contributed by atoms with E-state index in [1.54, 1.807) is 11.3 Å². The van der Waals surface area contributed by atoms with E-state index in [4.69, 9.17) is 5.73 Å². The molecule has 14 heavy (non-hydrogen) atoms. The minimum absolute atomic E-state index is 0.0778. The molecule has 1 aromatic rings. The van der Waals surface area contributed by atoms with Crippen LogP contribution in [0.2, 0.25) is 0 Å². The van der Waals surface area contributed by atoms with Crippen LogP contribution in [0.25, 0.3) is 0 Å². The van der Waals surface area contributed by atoms with Crippen LogP contribution in [0.4, 0.5) is 0 Å². The third-order valence-corrected chi connectivity index (χ3v) is 4.10. The Kier molecular flexibility index (Phi) is 4.78. The van der Waals surface area contributed by atoms with Gasteiger partial charge in [-0.2, -0.15) is 0 Å². The van der Waals surface area contributed by atoms with Crippen molar-refractivity contribution in [2.75, 3.05) is 6.54 Å². The summed E-state index contributed by atoms with van der Waals surface area (Å²) in [7, 11) is 0. The highest BCUT2D eigenvalue weighted by Crippen LogP contribution is 2.24. The first-order valence-corrected chi connectivity index (χ1v) is 6.27. The van der Waals surface area contributed by atoms with E-state index < -0.39 is 0 Å². The van der Waals surface area contributed by atoms with Crippen LogP contribution in [0.5, 0.6) is 0 Å². The lowest BCUT2D eigenvalue weighted by atomic mass is 10.00. The van der Waals surface area contributed by atoms with Gasteiger partial charge in [0.15, 0.2) is 0 Å². The number of halogens is 1. The number of carbonyl (C=O) groups is 1. The molecule has 0 aliphatic heterocycles. The molecule has 2 nitrogen and oxygen atoms in total. The standard InChI is InChI=1S/C10H14BrNOS/c1-7(2-4-12)9(13)6-10-8(11)3-5-14-10/h3,5,7H,2,4,6,12H2,1H3. The molecule has 0 amide bonds. The SMILES string of the molecule is CC(CCN)C(=O)Cc1sccc1Br. The fourth-order valence-electron chi connectivity index (χ4n) is 1.19. The van der Waals surface area contributed by atoms with E-state index in [1.807, 2.05) is 18.4 Å². The van der Waals surface area contributed by atoms with E-state index in [1.165, 1.54) is 0 Å². The molecule has 1 unspecified atom stereocenters. The van der Waals surface area contributed by atoms with Gasteiger partial charge in [0, 0.05) is 21.7 Å². The van der Waals surface area contributed by atoms with Gasteiger partial charge in [0.2, 0.25) is 0 Å². The van der Waals surface area contributed by atoms with Crippen LogP contribution in [0.15, 0.2) is 15.9 Å². The normalized spacial score (nSPS) is 12.8. The quantitative estimate of drug-likeness (QED) is 0.898. The largest absolute Gasteiger partial charge is 0.330 e. The molecule has 0 saturated carbocycles. The van der Waals surface area contributed by atoms with E-state index in [2.05, 4.69) is 15.9 Å². The molecule has 1 atom stereocenters. The Morgan fingerprint density at radius 1 is 1.71 bits per heavy atom. The van der Waals surface area contributed by atoms with Crippen molar-refractivity contribution in [3.63, 3.8) is 0 Å². The Balaban J connectivity index is 2.53. The highest BCUT2D eigenvalue weighted by atomic mass is 79.9. The van der Waals surface area contributed by atoms with Crippen LogP contribution in [0.3, 0.4) is 0 Å². The fourth-order valence-corrected chi connectivity index (χ4v) is 2.70. The van der Waals surface area contributed by atoms with Crippen LogP contribution >= 0.6 is 27.3 Å². The van der Waals surface area contributed by atoms with Gasteiger partial charge in [-0.1, -0.05) is 6.92 Å². The third-order valence-electron chi connectivity index (χ3n) is 2.18. The molecule has 4 heteroatoms. The van der Waals surface area contributed by atoms with Gasteiger partial charge in [0.05, 0.1) is 0 Å². The summed E-state index contributed by atoms with van der Waals surface area (Å²) in [6.45, 7) is 2.52. The lowest BCUT2D eigenvalue weighted by Crippen LogP contribution is -2.17. The zero-order chi connectivity index (χ0) is 10.6. The van der Waals surface area contributed by atoms with Gasteiger partial charge in [-0.25, -0.2) is 0 Å². The zero-order valence-electron chi connectivity index (χ0n) is 8.13. The van der Waals surface area contributed by atoms with Crippen molar-refractivity contribution in [3.05, 3.63) is 20.8 Å². The molecule has 1 aromatic heterocycles. The highest BCUT2D eigenvalue weighted by molar-refractivity contribution is 9.10. The molecule has 0 aromatic carbocycles. The van der Waals surface area contributed by atoms with Gasteiger partial charge in [-0.05, 0) is 40.3 Å². The first-order chi connectivity index (χ1) is 6.65. The van der Waals surface area contributed by atoms with Gasteiger partial charge < -0.3 is 5.73 Å². The lowest BCUT2D eigenvalue weighted by molar-refractivity contribution is -0.121. The Morgan fingerprint density at radius 2 is 2.43 bits per heavy atom. The van der Waals surface area contributed by atoms with Crippen molar-refractivity contribution in [1.82, 2.24) is 0 Å². The van der Waals surface area contributed by atoms with E-state index in [0.29, 0.717) is 13.0 Å². The molecular weight excluding hydrogens is 262 g/mol. The summed E-state index contributed by atoms with van der Waals surface area (Å²) >= 11 is 5.03. The minimum Gasteiger partial charge on any atom is -0.330 e. The lowest BCUT2D eigenvalue weighted by Gasteiger charge is -2.07. The molecule has 0 spiro atoms. The van der Waals surface area contributed by atoms with Gasteiger partial charge >= 0.3 is 0 Å². The molecule has 2 N–H and O–H groups in total. The number of hydrogen-bond donors (Lipinski definition) is 1. The van der Waals surface area contributed by atoms with E-state index in [0.717, 1.165) is 15.8 Å². The second-order valence-corrected chi connectivity index (χ2v) is 5.17. The molecular formula is C10H14BrNOS. The Labute approximate surface area is 96.6 Å². The second kappa shape index (κ2) is 5.63. The molecule has 0 aliphatic rings. The molecule has 0 radical (unpaired) electrons. The summed E-state index contributed by atoms with van der Waals surface area (Å²) in [4.78, 5) is 12.8. The average molecular weight is 276 g/mol. The van der Waals surface area contributed by atoms with E-state index >= 15 is 0 Å². The van der Waals surface area contributed by atoms with Crippen molar-refractivity contribution >= 4 is 33.0 Å². The van der Waals surface area contributed by atoms with Crippen molar-refractivity contribution in [3.8, 4) is 0 Å². The summed E-state index contributed by atoms with van der Waals surface area (Å²) in [5.74, 6) is 0.354. The highest BCUT2D eigenvalue weighted by Gasteiger charge is 2.14. The summed E-state index contributed by atoms with van der Waals surface area (Å²) in [5.41, 5.74) is 5.41. The molecule has 1 heterocycles. The van der Waals surface area contributed by atoms with Gasteiger partial charge in [0.25, 0.3) is 0 Å². The second-order valence-electron chi connectivity index (χ2n) is 3.31. The molecule has 0 fully saturated rings. The summed E-state index contributed by atoms with van der Waals surface area (Å²) in [5, 5.41) is 1.99. The van der Waals surface area contributed by atoms with Crippen LogP contribution in [-0.2, 0) is 11.2 Å². The van der Waals surface area contributed by atoms with Crippen molar-refractivity contribution < 1.29 is 4.79 Å². The monoisotopic (exact) mass is 275 g/mol. The van der Waals surface area contributed by atoms with Crippen LogP contribution in [0, 0.1) is 5.92 Å². The van der Waals surface area contributed by atoms with Crippen LogP contribution in [-0.4, -0.2) is 12.3 Å². The maximum Gasteiger partial charge on any atom is 0.140 e. The number of rotatable bonds is 5. The molecule has 1 rings (SSSR count). The number of thiophene rings is 1. The summed E-state index contributed by atoms with van der Waals surface area (Å²) in [6, 6.07) is 1.97. The Bertz CT molecular complexity index is 311. The first kappa shape index (κ1) is 11.9. The smallest absolute Gasteiger partial charge is 0.140 e. The van der Waals surface area contributed by atoms with Crippen molar-refractivity contribution in [2.45, 2.75) is 19.8 Å². The molecule has 78 valence electrons. The average Bonchev–Trinajstić information content (AvgIpc) is 2.52. The fraction of sp³-hybridized carbons (Fsp3) is 0.500. The number of hydrogen-bond acceptors (Lipinski definition) is 3. The van der Waals surface area contributed by atoms with E-state index in [-0.39, 0.29) is 11.7 Å². The minimum atomic E-state index is 0.0778. The maximum absolute atomic E-state index is 11.7. The van der Waals surface area contributed by atoms with Gasteiger partial charge in [-0.15, -0.1) is 11.3 Å². The summed E-state index contributed by atoms with van der Waals surface area (Å²) < 4.78 is 1.04. The Hall–Kier alpha value is -0.190. The number of ketones is 1. The van der Waals surface area contributed by atoms with Crippen LogP contribution in [0.1, 0.15) is 18.2 Å². The maximum atomic E-state index is 11.7. The number of Topliss-reactive ketones (excluding diaryl/α,β-unsaturated/α-hetero) is 1. The number of carbonyl (C=O) groups excluding carboxylic acids is 1. The van der Waals surface area contributed by atoms with Gasteiger partial charge in [-0.3, -0.25) is 4.79 Å². The predicted octanol–water partition coefficient (Wildman–Crippen LogP) is 2.61. The molecule has 0 aliphatic carbocycles. The molecule has 0 bridgehead atoms. The topological polar surface area (TPSA) is 43.1 Å². The van der Waals surface area contributed by atoms with Crippen LogP contribution < -0.4 is 5.73 Å². The number of nitrogens with two attached hydrogens (primary N) is 1. The van der Waals surface area contributed by atoms with Crippen molar-refractivity contribution in [2.24, 2.45) is 11.7 Å². The third kappa shape index (κ3) is 3.19. The zero-order valence-corrected chi connectivity index (χ0v) is 10.5. The van der Waals surface area contributed by atoms with E-state index in [9.17, 15) is 4.79 Å².